The smallest absolute Gasteiger partial charge is 0.0887 e. The first-order valence-electron chi connectivity index (χ1n) is 8.92. The van der Waals surface area contributed by atoms with Gasteiger partial charge < -0.3 is 9.88 Å². The molecule has 0 saturated heterocycles. The van der Waals surface area contributed by atoms with Crippen molar-refractivity contribution in [1.82, 2.24) is 4.98 Å². The van der Waals surface area contributed by atoms with Crippen molar-refractivity contribution in [3.8, 4) is 0 Å². The number of fused-ring (bicyclic) bond motifs is 3. The molecule has 2 nitrogen and oxygen atoms in total. The lowest BCUT2D eigenvalue weighted by Gasteiger charge is -2.26. The molecule has 0 spiro atoms. The lowest BCUT2D eigenvalue weighted by Crippen LogP contribution is -2.10. The molecule has 1 N–H and O–H groups in total. The van der Waals surface area contributed by atoms with Crippen LogP contribution in [-0.4, -0.2) is 4.98 Å². The number of hydrogen-bond acceptors (Lipinski definition) is 1. The molecular formula is C24H17ClN2. The first-order valence-corrected chi connectivity index (χ1v) is 9.30. The molecule has 5 rings (SSSR count). The first kappa shape index (κ1) is 16.0. The van der Waals surface area contributed by atoms with E-state index in [2.05, 4.69) is 64.5 Å². The van der Waals surface area contributed by atoms with Gasteiger partial charge in [-0.15, -0.1) is 0 Å². The van der Waals surface area contributed by atoms with Crippen LogP contribution in [0.25, 0.3) is 21.8 Å². The van der Waals surface area contributed by atoms with E-state index < -0.39 is 0 Å². The molecule has 0 fully saturated rings. The van der Waals surface area contributed by atoms with Crippen LogP contribution < -0.4 is 4.90 Å². The summed E-state index contributed by atoms with van der Waals surface area (Å²) >= 11 is 6.93. The molecule has 5 aromatic rings. The monoisotopic (exact) mass is 368 g/mol. The van der Waals surface area contributed by atoms with E-state index in [1.165, 1.54) is 5.39 Å². The van der Waals surface area contributed by atoms with Crippen LogP contribution in [0.4, 0.5) is 17.1 Å². The average molecular weight is 369 g/mol. The molecule has 0 aliphatic carbocycles. The van der Waals surface area contributed by atoms with Crippen LogP contribution in [-0.2, 0) is 0 Å². The van der Waals surface area contributed by atoms with Gasteiger partial charge in [0.05, 0.1) is 16.2 Å². The van der Waals surface area contributed by atoms with Crippen molar-refractivity contribution in [3.05, 3.63) is 102 Å². The van der Waals surface area contributed by atoms with E-state index in [1.54, 1.807) is 0 Å². The molecule has 0 amide bonds. The second-order valence-corrected chi connectivity index (χ2v) is 6.88. The number of benzene rings is 4. The zero-order chi connectivity index (χ0) is 18.2. The third kappa shape index (κ3) is 2.66. The van der Waals surface area contributed by atoms with Gasteiger partial charge in [-0.3, -0.25) is 0 Å². The molecule has 0 aliphatic heterocycles. The topological polar surface area (TPSA) is 19.0 Å². The summed E-state index contributed by atoms with van der Waals surface area (Å²) in [5.74, 6) is 0. The number of halogens is 1. The Morgan fingerprint density at radius 2 is 1.19 bits per heavy atom. The molecule has 4 aromatic carbocycles. The van der Waals surface area contributed by atoms with E-state index in [0.717, 1.165) is 38.5 Å². The summed E-state index contributed by atoms with van der Waals surface area (Å²) in [6.45, 7) is 0. The zero-order valence-electron chi connectivity index (χ0n) is 14.6. The van der Waals surface area contributed by atoms with Crippen molar-refractivity contribution in [2.75, 3.05) is 4.90 Å². The molecule has 0 bridgehead atoms. The van der Waals surface area contributed by atoms with Gasteiger partial charge >= 0.3 is 0 Å². The number of nitrogens with zero attached hydrogens (tertiary/aromatic N) is 1. The number of aromatic amines is 1. The van der Waals surface area contributed by atoms with E-state index in [0.29, 0.717) is 0 Å². The summed E-state index contributed by atoms with van der Waals surface area (Å²) in [6.07, 6.45) is 0. The van der Waals surface area contributed by atoms with Crippen LogP contribution in [0.5, 0.6) is 0 Å². The molecule has 0 radical (unpaired) electrons. The quantitative estimate of drug-likeness (QED) is 0.350. The molecule has 1 aromatic heterocycles. The highest BCUT2D eigenvalue weighted by atomic mass is 35.5. The molecule has 0 aliphatic rings. The fourth-order valence-corrected chi connectivity index (χ4v) is 3.92. The minimum Gasteiger partial charge on any atom is -0.353 e. The SMILES string of the molecule is Clc1c(N(c2ccccc2)c2ccccc2)ccc2c1[nH]c1ccccc12. The van der Waals surface area contributed by atoms with Gasteiger partial charge in [0.25, 0.3) is 0 Å². The number of hydrogen-bond donors (Lipinski definition) is 1. The number of H-pyrrole nitrogens is 1. The normalized spacial score (nSPS) is 11.1. The highest BCUT2D eigenvalue weighted by Gasteiger charge is 2.18. The summed E-state index contributed by atoms with van der Waals surface area (Å²) in [5, 5.41) is 3.05. The van der Waals surface area contributed by atoms with E-state index in [-0.39, 0.29) is 0 Å². The maximum atomic E-state index is 6.93. The number of anilines is 3. The van der Waals surface area contributed by atoms with Crippen LogP contribution in [0.1, 0.15) is 0 Å². The Kier molecular flexibility index (Phi) is 3.84. The molecule has 27 heavy (non-hydrogen) atoms. The van der Waals surface area contributed by atoms with E-state index in [1.807, 2.05) is 42.5 Å². The Morgan fingerprint density at radius 1 is 0.593 bits per heavy atom. The third-order valence-corrected chi connectivity index (χ3v) is 5.25. The first-order chi connectivity index (χ1) is 13.3. The van der Waals surface area contributed by atoms with Gasteiger partial charge in [-0.2, -0.15) is 0 Å². The largest absolute Gasteiger partial charge is 0.353 e. The van der Waals surface area contributed by atoms with Crippen molar-refractivity contribution >= 4 is 50.5 Å². The standard InChI is InChI=1S/C24H17ClN2/c25-23-22(16-15-20-19-13-7-8-14-21(19)26-24(20)23)27(17-9-3-1-4-10-17)18-11-5-2-6-12-18/h1-16,26H. The van der Waals surface area contributed by atoms with Crippen LogP contribution in [0.2, 0.25) is 5.02 Å². The van der Waals surface area contributed by atoms with Crippen molar-refractivity contribution < 1.29 is 0 Å². The highest BCUT2D eigenvalue weighted by Crippen LogP contribution is 2.42. The fourth-order valence-electron chi connectivity index (χ4n) is 3.63. The summed E-state index contributed by atoms with van der Waals surface area (Å²) in [7, 11) is 0. The number of nitrogens with one attached hydrogen (secondary N) is 1. The summed E-state index contributed by atoms with van der Waals surface area (Å²) in [6, 6.07) is 33.1. The van der Waals surface area contributed by atoms with Crippen molar-refractivity contribution in [3.63, 3.8) is 0 Å². The Morgan fingerprint density at radius 3 is 1.85 bits per heavy atom. The number of rotatable bonds is 3. The van der Waals surface area contributed by atoms with Gasteiger partial charge in [0.1, 0.15) is 0 Å². The lowest BCUT2D eigenvalue weighted by molar-refractivity contribution is 1.29. The molecular weight excluding hydrogens is 352 g/mol. The predicted molar refractivity (Wildman–Crippen MR) is 115 cm³/mol. The summed E-state index contributed by atoms with van der Waals surface area (Å²) in [5.41, 5.74) is 5.15. The van der Waals surface area contributed by atoms with Gasteiger partial charge in [-0.25, -0.2) is 0 Å². The lowest BCUT2D eigenvalue weighted by atomic mass is 10.1. The minimum atomic E-state index is 0.719. The minimum absolute atomic E-state index is 0.719. The maximum absolute atomic E-state index is 6.93. The van der Waals surface area contributed by atoms with Crippen molar-refractivity contribution in [2.24, 2.45) is 0 Å². The predicted octanol–water partition coefficient (Wildman–Crippen LogP) is 7.44. The zero-order valence-corrected chi connectivity index (χ0v) is 15.3. The number of para-hydroxylation sites is 3. The van der Waals surface area contributed by atoms with Crippen LogP contribution in [0.15, 0.2) is 97.1 Å². The van der Waals surface area contributed by atoms with Crippen LogP contribution in [0.3, 0.4) is 0 Å². The van der Waals surface area contributed by atoms with Gasteiger partial charge in [-0.1, -0.05) is 72.3 Å². The van der Waals surface area contributed by atoms with Gasteiger partial charge in [0.15, 0.2) is 0 Å². The maximum Gasteiger partial charge on any atom is 0.0887 e. The molecule has 0 unspecified atom stereocenters. The van der Waals surface area contributed by atoms with Crippen molar-refractivity contribution in [1.29, 1.82) is 0 Å². The van der Waals surface area contributed by atoms with Gasteiger partial charge in [0, 0.05) is 27.7 Å². The Balaban J connectivity index is 1.78. The third-order valence-electron chi connectivity index (χ3n) is 4.87. The second-order valence-electron chi connectivity index (χ2n) is 6.50. The average Bonchev–Trinajstić information content (AvgIpc) is 3.11. The molecule has 0 saturated carbocycles. The Labute approximate surface area is 162 Å². The van der Waals surface area contributed by atoms with Gasteiger partial charge in [-0.05, 0) is 36.4 Å². The number of aromatic nitrogens is 1. The van der Waals surface area contributed by atoms with Crippen LogP contribution in [0, 0.1) is 0 Å². The molecule has 1 heterocycles. The summed E-state index contributed by atoms with van der Waals surface area (Å²) < 4.78 is 0. The second kappa shape index (κ2) is 6.49. The van der Waals surface area contributed by atoms with Crippen molar-refractivity contribution in [2.45, 2.75) is 0 Å². The summed E-state index contributed by atoms with van der Waals surface area (Å²) in [4.78, 5) is 5.67. The Hall–Kier alpha value is -3.23. The van der Waals surface area contributed by atoms with Gasteiger partial charge in [0.2, 0.25) is 0 Å². The molecule has 0 atom stereocenters. The molecule has 3 heteroatoms. The van der Waals surface area contributed by atoms with Crippen LogP contribution >= 0.6 is 11.6 Å². The highest BCUT2D eigenvalue weighted by molar-refractivity contribution is 6.39. The van der Waals surface area contributed by atoms with E-state index in [9.17, 15) is 0 Å². The molecule has 130 valence electrons. The Bertz CT molecular complexity index is 1190. The fraction of sp³-hybridized carbons (Fsp3) is 0. The van der Waals surface area contributed by atoms with E-state index >= 15 is 0 Å². The van der Waals surface area contributed by atoms with E-state index in [4.69, 9.17) is 11.6 Å².